The molecule has 0 aromatic carbocycles. The number of piperidine rings is 1. The van der Waals surface area contributed by atoms with Crippen LogP contribution in [0.5, 0.6) is 5.88 Å². The van der Waals surface area contributed by atoms with Crippen molar-refractivity contribution in [1.29, 1.82) is 0 Å². The van der Waals surface area contributed by atoms with Gasteiger partial charge in [0.05, 0.1) is 5.56 Å². The maximum Gasteiger partial charge on any atom is 0.331 e. The van der Waals surface area contributed by atoms with Gasteiger partial charge in [-0.3, -0.25) is 14.3 Å². The Balaban J connectivity index is 2.18. The molecule has 2 N–H and O–H groups in total. The monoisotopic (exact) mass is 281 g/mol. The van der Waals surface area contributed by atoms with E-state index in [1.807, 2.05) is 0 Å². The van der Waals surface area contributed by atoms with Crippen molar-refractivity contribution in [2.75, 3.05) is 19.6 Å². The molecule has 6 nitrogen and oxygen atoms in total. The number of aromatic amines is 1. The lowest BCUT2D eigenvalue weighted by Gasteiger charge is -2.31. The van der Waals surface area contributed by atoms with Gasteiger partial charge in [0, 0.05) is 6.54 Å². The highest BCUT2D eigenvalue weighted by atomic mass is 16.3. The molecule has 0 spiro atoms. The fraction of sp³-hybridized carbons (Fsp3) is 0.714. The summed E-state index contributed by atoms with van der Waals surface area (Å²) in [6.07, 6.45) is 2.44. The lowest BCUT2D eigenvalue weighted by atomic mass is 9.96. The van der Waals surface area contributed by atoms with Crippen LogP contribution in [-0.4, -0.2) is 39.2 Å². The molecule has 0 saturated carbocycles. The third kappa shape index (κ3) is 2.95. The molecule has 2 heterocycles. The average Bonchev–Trinajstić information content (AvgIpc) is 2.44. The van der Waals surface area contributed by atoms with Gasteiger partial charge in [0.2, 0.25) is 5.88 Å². The Morgan fingerprint density at radius 3 is 2.45 bits per heavy atom. The number of hydrogen-bond donors (Lipinski definition) is 2. The Hall–Kier alpha value is -1.56. The van der Waals surface area contributed by atoms with Crippen LogP contribution in [0.2, 0.25) is 0 Å². The zero-order valence-corrected chi connectivity index (χ0v) is 12.2. The normalized spacial score (nSPS) is 17.5. The number of rotatable bonds is 4. The van der Waals surface area contributed by atoms with Gasteiger partial charge >= 0.3 is 5.69 Å². The molecule has 6 heteroatoms. The van der Waals surface area contributed by atoms with Crippen molar-refractivity contribution in [1.82, 2.24) is 14.5 Å². The smallest absolute Gasteiger partial charge is 0.331 e. The highest BCUT2D eigenvalue weighted by Gasteiger charge is 2.21. The van der Waals surface area contributed by atoms with E-state index < -0.39 is 11.2 Å². The number of nitrogens with zero attached hydrogens (tertiary/aromatic N) is 2. The van der Waals surface area contributed by atoms with Crippen molar-refractivity contribution in [3.05, 3.63) is 26.4 Å². The summed E-state index contributed by atoms with van der Waals surface area (Å²) < 4.78 is 1.31. The maximum absolute atomic E-state index is 11.9. The maximum atomic E-state index is 11.9. The fourth-order valence-corrected chi connectivity index (χ4v) is 2.83. The van der Waals surface area contributed by atoms with Crippen LogP contribution in [0.25, 0.3) is 0 Å². The molecule has 112 valence electrons. The first-order valence-electron chi connectivity index (χ1n) is 7.34. The minimum absolute atomic E-state index is 0.167. The van der Waals surface area contributed by atoms with E-state index >= 15 is 0 Å². The van der Waals surface area contributed by atoms with Gasteiger partial charge in [0.15, 0.2) is 0 Å². The SMILES string of the molecule is CCc1c(O)n(CC2CCN(CC)CC2)c(=O)[nH]c1=O. The summed E-state index contributed by atoms with van der Waals surface area (Å²) in [5.74, 6) is 0.205. The molecule has 2 rings (SSSR count). The van der Waals surface area contributed by atoms with E-state index in [-0.39, 0.29) is 11.4 Å². The zero-order valence-electron chi connectivity index (χ0n) is 12.2. The van der Waals surface area contributed by atoms with Crippen molar-refractivity contribution in [3.63, 3.8) is 0 Å². The molecule has 1 saturated heterocycles. The van der Waals surface area contributed by atoms with Gasteiger partial charge in [-0.25, -0.2) is 4.79 Å². The van der Waals surface area contributed by atoms with Crippen LogP contribution in [-0.2, 0) is 13.0 Å². The molecule has 1 aliphatic rings. The Kier molecular flexibility index (Phi) is 4.65. The van der Waals surface area contributed by atoms with Crippen LogP contribution in [0.4, 0.5) is 0 Å². The Labute approximate surface area is 118 Å². The molecule has 1 aromatic rings. The summed E-state index contributed by atoms with van der Waals surface area (Å²) in [5, 5.41) is 10.1. The van der Waals surface area contributed by atoms with Crippen LogP contribution in [0, 0.1) is 5.92 Å². The average molecular weight is 281 g/mol. The summed E-state index contributed by atoms with van der Waals surface area (Å²) in [6.45, 7) is 7.52. The van der Waals surface area contributed by atoms with E-state index in [0.717, 1.165) is 32.5 Å². The Bertz CT molecular complexity index is 568. The van der Waals surface area contributed by atoms with Crippen molar-refractivity contribution in [2.45, 2.75) is 39.7 Å². The van der Waals surface area contributed by atoms with E-state index in [2.05, 4.69) is 16.8 Å². The first-order valence-corrected chi connectivity index (χ1v) is 7.34. The summed E-state index contributed by atoms with van der Waals surface area (Å²) >= 11 is 0. The predicted molar refractivity (Wildman–Crippen MR) is 77.2 cm³/mol. The van der Waals surface area contributed by atoms with Gasteiger partial charge < -0.3 is 10.0 Å². The molecule has 0 atom stereocenters. The van der Waals surface area contributed by atoms with Crippen molar-refractivity contribution >= 4 is 0 Å². The Morgan fingerprint density at radius 2 is 1.90 bits per heavy atom. The number of nitrogens with one attached hydrogen (secondary N) is 1. The van der Waals surface area contributed by atoms with Gasteiger partial charge in [-0.1, -0.05) is 13.8 Å². The largest absolute Gasteiger partial charge is 0.494 e. The standard InChI is InChI=1S/C14H23N3O3/c1-3-11-12(18)15-14(20)17(13(11)19)9-10-5-7-16(4-2)8-6-10/h10,19H,3-9H2,1-2H3,(H,15,18,20). The van der Waals surface area contributed by atoms with E-state index in [4.69, 9.17) is 0 Å². The molecule has 0 radical (unpaired) electrons. The highest BCUT2D eigenvalue weighted by molar-refractivity contribution is 5.22. The van der Waals surface area contributed by atoms with Crippen LogP contribution < -0.4 is 11.2 Å². The molecule has 0 amide bonds. The van der Waals surface area contributed by atoms with Crippen molar-refractivity contribution in [2.24, 2.45) is 5.92 Å². The van der Waals surface area contributed by atoms with E-state index in [1.54, 1.807) is 6.92 Å². The second-order valence-corrected chi connectivity index (χ2v) is 5.40. The van der Waals surface area contributed by atoms with E-state index in [0.29, 0.717) is 18.9 Å². The zero-order chi connectivity index (χ0) is 14.7. The van der Waals surface area contributed by atoms with Gasteiger partial charge in [-0.15, -0.1) is 0 Å². The Morgan fingerprint density at radius 1 is 1.25 bits per heavy atom. The molecule has 0 bridgehead atoms. The lowest BCUT2D eigenvalue weighted by Crippen LogP contribution is -2.38. The number of aromatic nitrogens is 2. The minimum Gasteiger partial charge on any atom is -0.494 e. The topological polar surface area (TPSA) is 78.3 Å². The molecule has 0 aliphatic carbocycles. The van der Waals surface area contributed by atoms with Crippen LogP contribution in [0.3, 0.4) is 0 Å². The number of aromatic hydroxyl groups is 1. The molecular weight excluding hydrogens is 258 g/mol. The summed E-state index contributed by atoms with van der Waals surface area (Å²) in [5.41, 5.74) is -0.703. The van der Waals surface area contributed by atoms with Gasteiger partial charge in [-0.05, 0) is 44.8 Å². The molecule has 1 fully saturated rings. The van der Waals surface area contributed by atoms with Gasteiger partial charge in [-0.2, -0.15) is 0 Å². The second-order valence-electron chi connectivity index (χ2n) is 5.40. The summed E-state index contributed by atoms with van der Waals surface area (Å²) in [6, 6.07) is 0. The summed E-state index contributed by atoms with van der Waals surface area (Å²) in [7, 11) is 0. The molecule has 1 aromatic heterocycles. The van der Waals surface area contributed by atoms with Gasteiger partial charge in [0.25, 0.3) is 5.56 Å². The summed E-state index contributed by atoms with van der Waals surface area (Å²) in [4.78, 5) is 28.1. The lowest BCUT2D eigenvalue weighted by molar-refractivity contribution is 0.176. The van der Waals surface area contributed by atoms with Crippen LogP contribution >= 0.6 is 0 Å². The number of hydrogen-bond acceptors (Lipinski definition) is 4. The minimum atomic E-state index is -0.511. The first-order chi connectivity index (χ1) is 9.56. The van der Waals surface area contributed by atoms with Crippen molar-refractivity contribution in [3.8, 4) is 5.88 Å². The molecule has 20 heavy (non-hydrogen) atoms. The molecular formula is C14H23N3O3. The fourth-order valence-electron chi connectivity index (χ4n) is 2.83. The first kappa shape index (κ1) is 14.8. The quantitative estimate of drug-likeness (QED) is 0.844. The van der Waals surface area contributed by atoms with Crippen molar-refractivity contribution < 1.29 is 5.11 Å². The van der Waals surface area contributed by atoms with E-state index in [9.17, 15) is 14.7 Å². The third-order valence-electron chi connectivity index (χ3n) is 4.21. The number of H-pyrrole nitrogens is 1. The predicted octanol–water partition coefficient (Wildman–Crippen LogP) is 0.536. The number of likely N-dealkylation sites (tertiary alicyclic amines) is 1. The molecule has 0 unspecified atom stereocenters. The van der Waals surface area contributed by atoms with Crippen LogP contribution in [0.15, 0.2) is 9.59 Å². The van der Waals surface area contributed by atoms with Crippen LogP contribution in [0.1, 0.15) is 32.3 Å². The second kappa shape index (κ2) is 6.26. The molecule has 1 aliphatic heterocycles. The third-order valence-corrected chi connectivity index (χ3v) is 4.21. The van der Waals surface area contributed by atoms with E-state index in [1.165, 1.54) is 4.57 Å². The highest BCUT2D eigenvalue weighted by Crippen LogP contribution is 2.20. The van der Waals surface area contributed by atoms with Gasteiger partial charge in [0.1, 0.15) is 0 Å².